The first kappa shape index (κ1) is 17.1. The van der Waals surface area contributed by atoms with Crippen LogP contribution in [0.2, 0.25) is 0 Å². The lowest BCUT2D eigenvalue weighted by Crippen LogP contribution is -2.28. The van der Waals surface area contributed by atoms with Crippen LogP contribution in [0.1, 0.15) is 39.7 Å². The standard InChI is InChI=1S/C15H21FN2O3/c1-5-21-12(19)9-7-10-6-8-11(16)17-13(10)18-14(20)15(2,3)4/h6,8H,5,7,9H2,1-4H3,(H,17,18,20). The van der Waals surface area contributed by atoms with E-state index in [0.29, 0.717) is 18.6 Å². The van der Waals surface area contributed by atoms with Crippen molar-refractivity contribution in [3.8, 4) is 0 Å². The normalized spacial score (nSPS) is 11.1. The summed E-state index contributed by atoms with van der Waals surface area (Å²) in [5, 5.41) is 2.60. The second-order valence-corrected chi connectivity index (χ2v) is 5.65. The molecule has 1 amide bonds. The molecular weight excluding hydrogens is 275 g/mol. The molecule has 0 radical (unpaired) electrons. The number of hydrogen-bond acceptors (Lipinski definition) is 4. The van der Waals surface area contributed by atoms with Gasteiger partial charge in [-0.15, -0.1) is 0 Å². The van der Waals surface area contributed by atoms with Crippen LogP contribution in [0.25, 0.3) is 0 Å². The highest BCUT2D eigenvalue weighted by Crippen LogP contribution is 2.20. The molecule has 0 atom stereocenters. The monoisotopic (exact) mass is 296 g/mol. The van der Waals surface area contributed by atoms with Crippen molar-refractivity contribution in [2.75, 3.05) is 11.9 Å². The molecule has 0 aliphatic rings. The van der Waals surface area contributed by atoms with Gasteiger partial charge >= 0.3 is 5.97 Å². The number of halogens is 1. The molecule has 6 heteroatoms. The third-order valence-electron chi connectivity index (χ3n) is 2.76. The van der Waals surface area contributed by atoms with Gasteiger partial charge in [0.05, 0.1) is 6.61 Å². The molecule has 116 valence electrons. The molecule has 0 aromatic carbocycles. The molecule has 21 heavy (non-hydrogen) atoms. The zero-order chi connectivity index (χ0) is 16.0. The Morgan fingerprint density at radius 2 is 2.00 bits per heavy atom. The van der Waals surface area contributed by atoms with Gasteiger partial charge in [-0.25, -0.2) is 4.98 Å². The van der Waals surface area contributed by atoms with E-state index in [0.717, 1.165) is 0 Å². The Bertz CT molecular complexity index is 524. The second-order valence-electron chi connectivity index (χ2n) is 5.65. The van der Waals surface area contributed by atoms with E-state index in [2.05, 4.69) is 10.3 Å². The van der Waals surface area contributed by atoms with Crippen LogP contribution in [-0.2, 0) is 20.7 Å². The molecule has 1 heterocycles. The first-order chi connectivity index (χ1) is 9.74. The number of carbonyl (C=O) groups excluding carboxylic acids is 2. The fraction of sp³-hybridized carbons (Fsp3) is 0.533. The predicted octanol–water partition coefficient (Wildman–Crippen LogP) is 2.70. The van der Waals surface area contributed by atoms with E-state index in [9.17, 15) is 14.0 Å². The number of rotatable bonds is 5. The lowest BCUT2D eigenvalue weighted by atomic mass is 9.95. The molecule has 0 spiro atoms. The van der Waals surface area contributed by atoms with Crippen LogP contribution in [0.4, 0.5) is 10.2 Å². The van der Waals surface area contributed by atoms with Crippen molar-refractivity contribution in [2.45, 2.75) is 40.5 Å². The minimum Gasteiger partial charge on any atom is -0.466 e. The highest BCUT2D eigenvalue weighted by atomic mass is 19.1. The van der Waals surface area contributed by atoms with Gasteiger partial charge in [0.25, 0.3) is 0 Å². The fourth-order valence-electron chi connectivity index (χ4n) is 1.54. The number of hydrogen-bond donors (Lipinski definition) is 1. The summed E-state index contributed by atoms with van der Waals surface area (Å²) in [4.78, 5) is 27.0. The lowest BCUT2D eigenvalue weighted by Gasteiger charge is -2.18. The molecule has 0 bridgehead atoms. The number of nitrogens with one attached hydrogen (secondary N) is 1. The fourth-order valence-corrected chi connectivity index (χ4v) is 1.54. The molecule has 1 aromatic rings. The molecular formula is C15H21FN2O3. The Balaban J connectivity index is 2.85. The summed E-state index contributed by atoms with van der Waals surface area (Å²) >= 11 is 0. The number of aromatic nitrogens is 1. The van der Waals surface area contributed by atoms with Gasteiger partial charge in [0, 0.05) is 11.8 Å². The van der Waals surface area contributed by atoms with Gasteiger partial charge in [0.2, 0.25) is 11.9 Å². The van der Waals surface area contributed by atoms with Crippen molar-refractivity contribution < 1.29 is 18.7 Å². The van der Waals surface area contributed by atoms with Crippen molar-refractivity contribution >= 4 is 17.7 Å². The van der Waals surface area contributed by atoms with E-state index in [4.69, 9.17) is 4.74 Å². The van der Waals surface area contributed by atoms with E-state index < -0.39 is 11.4 Å². The van der Waals surface area contributed by atoms with E-state index in [1.807, 2.05) is 0 Å². The van der Waals surface area contributed by atoms with E-state index >= 15 is 0 Å². The Morgan fingerprint density at radius 3 is 2.57 bits per heavy atom. The number of ether oxygens (including phenoxy) is 1. The van der Waals surface area contributed by atoms with Gasteiger partial charge in [-0.05, 0) is 25.0 Å². The van der Waals surface area contributed by atoms with Gasteiger partial charge in [0.1, 0.15) is 5.82 Å². The maximum atomic E-state index is 13.3. The summed E-state index contributed by atoms with van der Waals surface area (Å²) in [7, 11) is 0. The number of aryl methyl sites for hydroxylation is 1. The third kappa shape index (κ3) is 5.49. The van der Waals surface area contributed by atoms with E-state index in [1.165, 1.54) is 12.1 Å². The summed E-state index contributed by atoms with van der Waals surface area (Å²) in [6, 6.07) is 2.72. The number of esters is 1. The summed E-state index contributed by atoms with van der Waals surface area (Å²) in [5.41, 5.74) is -0.0195. The van der Waals surface area contributed by atoms with Crippen LogP contribution in [0.15, 0.2) is 12.1 Å². The number of carbonyl (C=O) groups is 2. The molecule has 0 aliphatic carbocycles. The average molecular weight is 296 g/mol. The van der Waals surface area contributed by atoms with Gasteiger partial charge < -0.3 is 10.1 Å². The SMILES string of the molecule is CCOC(=O)CCc1ccc(F)nc1NC(=O)C(C)(C)C. The highest BCUT2D eigenvalue weighted by molar-refractivity contribution is 5.94. The third-order valence-corrected chi connectivity index (χ3v) is 2.76. The number of pyridine rings is 1. The Hall–Kier alpha value is -1.98. The average Bonchev–Trinajstić information content (AvgIpc) is 2.37. The van der Waals surface area contributed by atoms with Crippen molar-refractivity contribution in [3.05, 3.63) is 23.6 Å². The van der Waals surface area contributed by atoms with Gasteiger partial charge in [0.15, 0.2) is 0 Å². The van der Waals surface area contributed by atoms with Crippen LogP contribution >= 0.6 is 0 Å². The van der Waals surface area contributed by atoms with Crippen LogP contribution in [0.3, 0.4) is 0 Å². The second kappa shape index (κ2) is 7.15. The molecule has 0 fully saturated rings. The Labute approximate surface area is 123 Å². The van der Waals surface area contributed by atoms with E-state index in [-0.39, 0.29) is 24.1 Å². The van der Waals surface area contributed by atoms with Crippen LogP contribution in [0.5, 0.6) is 0 Å². The Morgan fingerprint density at radius 1 is 1.33 bits per heavy atom. The summed E-state index contributed by atoms with van der Waals surface area (Å²) in [5.74, 6) is -1.13. The van der Waals surface area contributed by atoms with Crippen LogP contribution in [-0.4, -0.2) is 23.5 Å². The topological polar surface area (TPSA) is 68.3 Å². The van der Waals surface area contributed by atoms with Crippen LogP contribution in [0, 0.1) is 11.4 Å². The number of nitrogens with zero attached hydrogens (tertiary/aromatic N) is 1. The Kier molecular flexibility index (Phi) is 5.81. The summed E-state index contributed by atoms with van der Waals surface area (Å²) in [6.07, 6.45) is 0.478. The zero-order valence-electron chi connectivity index (χ0n) is 12.8. The van der Waals surface area contributed by atoms with Crippen molar-refractivity contribution in [3.63, 3.8) is 0 Å². The molecule has 0 saturated heterocycles. The maximum Gasteiger partial charge on any atom is 0.306 e. The molecule has 0 aliphatic heterocycles. The van der Waals surface area contributed by atoms with Crippen molar-refractivity contribution in [1.82, 2.24) is 4.98 Å². The van der Waals surface area contributed by atoms with Gasteiger partial charge in [-0.3, -0.25) is 9.59 Å². The molecule has 1 rings (SSSR count). The minimum absolute atomic E-state index is 0.152. The first-order valence-electron chi connectivity index (χ1n) is 6.86. The van der Waals surface area contributed by atoms with Gasteiger partial charge in [-0.2, -0.15) is 4.39 Å². The molecule has 0 saturated carbocycles. The quantitative estimate of drug-likeness (QED) is 0.670. The minimum atomic E-state index is -0.681. The highest BCUT2D eigenvalue weighted by Gasteiger charge is 2.23. The van der Waals surface area contributed by atoms with Crippen molar-refractivity contribution in [1.29, 1.82) is 0 Å². The van der Waals surface area contributed by atoms with E-state index in [1.54, 1.807) is 27.7 Å². The first-order valence-corrected chi connectivity index (χ1v) is 6.86. The molecule has 5 nitrogen and oxygen atoms in total. The maximum absolute atomic E-state index is 13.3. The summed E-state index contributed by atoms with van der Waals surface area (Å²) < 4.78 is 18.1. The lowest BCUT2D eigenvalue weighted by molar-refractivity contribution is -0.143. The zero-order valence-corrected chi connectivity index (χ0v) is 12.8. The van der Waals surface area contributed by atoms with Crippen molar-refractivity contribution in [2.24, 2.45) is 5.41 Å². The molecule has 0 unspecified atom stereocenters. The smallest absolute Gasteiger partial charge is 0.306 e. The predicted molar refractivity (Wildman–Crippen MR) is 77.2 cm³/mol. The number of amides is 1. The van der Waals surface area contributed by atoms with Gasteiger partial charge in [-0.1, -0.05) is 26.8 Å². The number of anilines is 1. The summed E-state index contributed by atoms with van der Waals surface area (Å²) in [6.45, 7) is 7.29. The van der Waals surface area contributed by atoms with Crippen LogP contribution < -0.4 is 5.32 Å². The molecule has 1 N–H and O–H groups in total. The largest absolute Gasteiger partial charge is 0.466 e. The molecule has 1 aromatic heterocycles.